The second-order valence-corrected chi connectivity index (χ2v) is 3.95. The lowest BCUT2D eigenvalue weighted by molar-refractivity contribution is -0.136. The molecule has 0 spiro atoms. The molecule has 0 saturated heterocycles. The van der Waals surface area contributed by atoms with Crippen molar-refractivity contribution in [1.82, 2.24) is 10.2 Å². The molecule has 1 fully saturated rings. The van der Waals surface area contributed by atoms with Crippen LogP contribution in [0.4, 0.5) is 0 Å². The van der Waals surface area contributed by atoms with Gasteiger partial charge in [0.15, 0.2) is 0 Å². The Morgan fingerprint density at radius 1 is 1.64 bits per heavy atom. The van der Waals surface area contributed by atoms with Gasteiger partial charge in [0, 0.05) is 5.69 Å². The number of nitrogens with one attached hydrogen (secondary N) is 1. The molecule has 2 N–H and O–H groups in total. The fourth-order valence-corrected chi connectivity index (χ4v) is 1.83. The summed E-state index contributed by atoms with van der Waals surface area (Å²) in [6.07, 6.45) is 6.67. The number of aliphatic carboxylic acids is 1. The summed E-state index contributed by atoms with van der Waals surface area (Å²) in [7, 11) is 0. The molecule has 4 heteroatoms. The first kappa shape index (κ1) is 9.24. The maximum Gasteiger partial charge on any atom is 0.309 e. The van der Waals surface area contributed by atoms with Crippen molar-refractivity contribution in [3.05, 3.63) is 17.5 Å². The highest BCUT2D eigenvalue weighted by molar-refractivity contribution is 5.69. The van der Waals surface area contributed by atoms with E-state index in [2.05, 4.69) is 10.2 Å². The van der Waals surface area contributed by atoms with E-state index < -0.39 is 5.97 Å². The number of hydrogen-bond acceptors (Lipinski definition) is 2. The minimum absolute atomic E-state index is 0.0576. The summed E-state index contributed by atoms with van der Waals surface area (Å²) in [5.74, 6) is -0.0516. The van der Waals surface area contributed by atoms with Crippen molar-refractivity contribution >= 4 is 5.97 Å². The molecule has 1 aromatic heterocycles. The van der Waals surface area contributed by atoms with Gasteiger partial charge in [0.25, 0.3) is 0 Å². The maximum atomic E-state index is 10.5. The van der Waals surface area contributed by atoms with Crippen LogP contribution in [-0.4, -0.2) is 21.3 Å². The second kappa shape index (κ2) is 3.82. The molecule has 14 heavy (non-hydrogen) atoms. The molecule has 1 aliphatic rings. The number of nitrogens with zero attached hydrogens (tertiary/aromatic N) is 1. The predicted molar refractivity (Wildman–Crippen MR) is 51.0 cm³/mol. The van der Waals surface area contributed by atoms with Gasteiger partial charge < -0.3 is 5.11 Å². The van der Waals surface area contributed by atoms with Gasteiger partial charge in [0.2, 0.25) is 0 Å². The average Bonchev–Trinajstić information content (AvgIpc) is 2.44. The van der Waals surface area contributed by atoms with Gasteiger partial charge in [-0.25, -0.2) is 0 Å². The summed E-state index contributed by atoms with van der Waals surface area (Å²) >= 11 is 0. The monoisotopic (exact) mass is 194 g/mol. The summed E-state index contributed by atoms with van der Waals surface area (Å²) in [5, 5.41) is 15.3. The van der Waals surface area contributed by atoms with Crippen LogP contribution in [0.2, 0.25) is 0 Å². The van der Waals surface area contributed by atoms with Gasteiger partial charge in [-0.2, -0.15) is 5.10 Å². The Bertz CT molecular complexity index is 329. The number of carbonyl (C=O) groups is 1. The molecule has 1 aliphatic carbocycles. The molecule has 2 rings (SSSR count). The van der Waals surface area contributed by atoms with E-state index in [9.17, 15) is 4.79 Å². The Morgan fingerprint density at radius 2 is 2.43 bits per heavy atom. The van der Waals surface area contributed by atoms with Crippen LogP contribution in [-0.2, 0) is 17.6 Å². The van der Waals surface area contributed by atoms with Gasteiger partial charge in [0.1, 0.15) is 0 Å². The quantitative estimate of drug-likeness (QED) is 0.761. The van der Waals surface area contributed by atoms with Crippen molar-refractivity contribution in [3.8, 4) is 0 Å². The predicted octanol–water partition coefficient (Wildman–Crippen LogP) is 1.38. The van der Waals surface area contributed by atoms with Crippen LogP contribution in [0.3, 0.4) is 0 Å². The highest BCUT2D eigenvalue weighted by Gasteiger charge is 2.20. The maximum absolute atomic E-state index is 10.5. The van der Waals surface area contributed by atoms with Crippen molar-refractivity contribution < 1.29 is 9.90 Å². The number of carboxylic acid groups (broad SMARTS) is 1. The van der Waals surface area contributed by atoms with E-state index in [1.807, 2.05) is 0 Å². The summed E-state index contributed by atoms with van der Waals surface area (Å²) < 4.78 is 0. The first-order chi connectivity index (χ1) is 6.75. The molecule has 0 unspecified atom stereocenters. The largest absolute Gasteiger partial charge is 0.481 e. The van der Waals surface area contributed by atoms with Crippen LogP contribution in [0.1, 0.15) is 30.5 Å². The van der Waals surface area contributed by atoms with Crippen LogP contribution in [0.25, 0.3) is 0 Å². The van der Waals surface area contributed by atoms with Gasteiger partial charge in [-0.3, -0.25) is 9.89 Å². The standard InChI is InChI=1S/C10H14N2O2/c13-10(14)5-9-8(6-11-12-9)4-7-2-1-3-7/h6-7H,1-5H2,(H,11,12)(H,13,14). The third kappa shape index (κ3) is 1.95. The molecule has 0 atom stereocenters. The summed E-state index contributed by atoms with van der Waals surface area (Å²) in [6.45, 7) is 0. The van der Waals surface area contributed by atoms with Crippen molar-refractivity contribution in [1.29, 1.82) is 0 Å². The second-order valence-electron chi connectivity index (χ2n) is 3.95. The zero-order chi connectivity index (χ0) is 9.97. The summed E-state index contributed by atoms with van der Waals surface area (Å²) in [4.78, 5) is 10.5. The third-order valence-corrected chi connectivity index (χ3v) is 2.87. The van der Waals surface area contributed by atoms with Crippen LogP contribution in [0.15, 0.2) is 6.20 Å². The molecular formula is C10H14N2O2. The van der Waals surface area contributed by atoms with E-state index >= 15 is 0 Å². The molecule has 0 aliphatic heterocycles. The molecule has 1 aromatic rings. The lowest BCUT2D eigenvalue weighted by atomic mass is 9.81. The van der Waals surface area contributed by atoms with Crippen molar-refractivity contribution in [2.75, 3.05) is 0 Å². The number of hydrogen-bond donors (Lipinski definition) is 2. The van der Waals surface area contributed by atoms with E-state index in [0.717, 1.165) is 23.6 Å². The average molecular weight is 194 g/mol. The van der Waals surface area contributed by atoms with Gasteiger partial charge in [0.05, 0.1) is 12.6 Å². The minimum atomic E-state index is -0.802. The van der Waals surface area contributed by atoms with E-state index in [4.69, 9.17) is 5.11 Å². The van der Waals surface area contributed by atoms with Crippen molar-refractivity contribution in [2.24, 2.45) is 5.92 Å². The number of aromatic nitrogens is 2. The molecule has 4 nitrogen and oxygen atoms in total. The molecule has 0 radical (unpaired) electrons. The van der Waals surface area contributed by atoms with E-state index in [0.29, 0.717) is 0 Å². The summed E-state index contributed by atoms with van der Waals surface area (Å²) in [6, 6.07) is 0. The fourth-order valence-electron chi connectivity index (χ4n) is 1.83. The smallest absolute Gasteiger partial charge is 0.309 e. The highest BCUT2D eigenvalue weighted by Crippen LogP contribution is 2.30. The Kier molecular flexibility index (Phi) is 2.52. The number of rotatable bonds is 4. The van der Waals surface area contributed by atoms with E-state index in [1.165, 1.54) is 19.3 Å². The van der Waals surface area contributed by atoms with Gasteiger partial charge in [-0.05, 0) is 17.9 Å². The first-order valence-corrected chi connectivity index (χ1v) is 4.98. The third-order valence-electron chi connectivity index (χ3n) is 2.87. The van der Waals surface area contributed by atoms with Gasteiger partial charge >= 0.3 is 5.97 Å². The van der Waals surface area contributed by atoms with E-state index in [-0.39, 0.29) is 6.42 Å². The lowest BCUT2D eigenvalue weighted by Crippen LogP contribution is -2.14. The molecule has 1 saturated carbocycles. The summed E-state index contributed by atoms with van der Waals surface area (Å²) in [5.41, 5.74) is 1.85. The Hall–Kier alpha value is -1.32. The van der Waals surface area contributed by atoms with Crippen molar-refractivity contribution in [3.63, 3.8) is 0 Å². The van der Waals surface area contributed by atoms with Gasteiger partial charge in [-0.15, -0.1) is 0 Å². The SMILES string of the molecule is O=C(O)Cc1[nH]ncc1CC1CCC1. The molecular weight excluding hydrogens is 180 g/mol. The molecule has 0 amide bonds. The fraction of sp³-hybridized carbons (Fsp3) is 0.600. The zero-order valence-electron chi connectivity index (χ0n) is 7.99. The van der Waals surface area contributed by atoms with Crippen LogP contribution < -0.4 is 0 Å². The molecule has 0 aromatic carbocycles. The van der Waals surface area contributed by atoms with Crippen LogP contribution in [0, 0.1) is 5.92 Å². The number of H-pyrrole nitrogens is 1. The molecule has 1 heterocycles. The van der Waals surface area contributed by atoms with Gasteiger partial charge in [-0.1, -0.05) is 19.3 Å². The minimum Gasteiger partial charge on any atom is -0.481 e. The molecule has 76 valence electrons. The molecule has 0 bridgehead atoms. The van der Waals surface area contributed by atoms with E-state index in [1.54, 1.807) is 6.20 Å². The zero-order valence-corrected chi connectivity index (χ0v) is 7.99. The first-order valence-electron chi connectivity index (χ1n) is 4.98. The van der Waals surface area contributed by atoms with Crippen LogP contribution in [0.5, 0.6) is 0 Å². The Morgan fingerprint density at radius 3 is 3.00 bits per heavy atom. The van der Waals surface area contributed by atoms with Crippen molar-refractivity contribution in [2.45, 2.75) is 32.1 Å². The number of carboxylic acids is 1. The van der Waals surface area contributed by atoms with Crippen LogP contribution >= 0.6 is 0 Å². The highest BCUT2D eigenvalue weighted by atomic mass is 16.4. The topological polar surface area (TPSA) is 66.0 Å². The Balaban J connectivity index is 2.00. The number of aromatic amines is 1. The normalized spacial score (nSPS) is 16.6. The Labute approximate surface area is 82.3 Å². The lowest BCUT2D eigenvalue weighted by Gasteiger charge is -2.24.